The molecule has 0 fully saturated rings. The average Bonchev–Trinajstić information content (AvgIpc) is 2.31. The number of hydrogen-bond donors (Lipinski definition) is 1. The Morgan fingerprint density at radius 2 is 1.88 bits per heavy atom. The van der Waals surface area contributed by atoms with Crippen molar-refractivity contribution in [3.05, 3.63) is 28.3 Å². The van der Waals surface area contributed by atoms with Gasteiger partial charge in [-0.05, 0) is 68.3 Å². The molecule has 1 aromatic rings. The summed E-state index contributed by atoms with van der Waals surface area (Å²) in [7, 11) is 1.74. The number of nitrogens with two attached hydrogens (primary N) is 1. The summed E-state index contributed by atoms with van der Waals surface area (Å²) in [5.41, 5.74) is 10.9. The highest BCUT2D eigenvalue weighted by Gasteiger charge is 2.14. The summed E-state index contributed by atoms with van der Waals surface area (Å²) >= 11 is 0. The van der Waals surface area contributed by atoms with Gasteiger partial charge >= 0.3 is 0 Å². The Bertz CT molecular complexity index is 385. The fraction of sp³-hybridized carbons (Fsp3) is 0.600. The molecule has 0 aliphatic heterocycles. The van der Waals surface area contributed by atoms with Crippen LogP contribution in [-0.4, -0.2) is 13.7 Å². The molecule has 1 unspecified atom stereocenters. The van der Waals surface area contributed by atoms with E-state index in [9.17, 15) is 0 Å². The van der Waals surface area contributed by atoms with Gasteiger partial charge in [0, 0.05) is 0 Å². The quantitative estimate of drug-likeness (QED) is 0.848. The van der Waals surface area contributed by atoms with Gasteiger partial charge in [0.15, 0.2) is 0 Å². The molecule has 2 heteroatoms. The van der Waals surface area contributed by atoms with Gasteiger partial charge in [0.2, 0.25) is 0 Å². The van der Waals surface area contributed by atoms with Crippen molar-refractivity contribution in [1.29, 1.82) is 0 Å². The molecule has 1 atom stereocenters. The molecule has 2 N–H and O–H groups in total. The molecule has 0 aliphatic rings. The Balaban J connectivity index is 3.09. The highest BCUT2D eigenvalue weighted by molar-refractivity contribution is 5.49. The second kappa shape index (κ2) is 6.06. The van der Waals surface area contributed by atoms with Gasteiger partial charge in [-0.3, -0.25) is 0 Å². The zero-order valence-electron chi connectivity index (χ0n) is 11.8. The fourth-order valence-corrected chi connectivity index (χ4v) is 2.50. The third-order valence-corrected chi connectivity index (χ3v) is 3.64. The van der Waals surface area contributed by atoms with Gasteiger partial charge in [-0.2, -0.15) is 0 Å². The van der Waals surface area contributed by atoms with Gasteiger partial charge in [0.05, 0.1) is 7.11 Å². The van der Waals surface area contributed by atoms with Crippen LogP contribution in [0, 0.1) is 20.8 Å². The predicted molar refractivity (Wildman–Crippen MR) is 73.9 cm³/mol. The van der Waals surface area contributed by atoms with E-state index < -0.39 is 0 Å². The highest BCUT2D eigenvalue weighted by atomic mass is 16.5. The molecule has 17 heavy (non-hydrogen) atoms. The van der Waals surface area contributed by atoms with Gasteiger partial charge in [-0.15, -0.1) is 0 Å². The number of rotatable bonds is 5. The standard InChI is InChI=1S/C15H25NO/c1-10(7-6-8-16)14-9-11(2)15(17-5)13(4)12(14)3/h9-10H,6-8,16H2,1-5H3. The Hall–Kier alpha value is -1.02. The third kappa shape index (κ3) is 3.01. The zero-order valence-corrected chi connectivity index (χ0v) is 11.8. The lowest BCUT2D eigenvalue weighted by Gasteiger charge is -2.20. The minimum Gasteiger partial charge on any atom is -0.496 e. The van der Waals surface area contributed by atoms with Crippen molar-refractivity contribution >= 4 is 0 Å². The van der Waals surface area contributed by atoms with Crippen LogP contribution in [0.25, 0.3) is 0 Å². The van der Waals surface area contributed by atoms with Crippen molar-refractivity contribution in [3.63, 3.8) is 0 Å². The van der Waals surface area contributed by atoms with Crippen molar-refractivity contribution in [2.45, 2.75) is 46.5 Å². The maximum Gasteiger partial charge on any atom is 0.124 e. The number of benzene rings is 1. The number of aryl methyl sites for hydroxylation is 1. The fourth-order valence-electron chi connectivity index (χ4n) is 2.50. The van der Waals surface area contributed by atoms with Gasteiger partial charge in [0.1, 0.15) is 5.75 Å². The van der Waals surface area contributed by atoms with Crippen molar-refractivity contribution in [2.24, 2.45) is 5.73 Å². The molecule has 0 saturated carbocycles. The molecule has 1 aromatic carbocycles. The zero-order chi connectivity index (χ0) is 13.0. The molecule has 0 amide bonds. The number of ether oxygens (including phenoxy) is 1. The van der Waals surface area contributed by atoms with E-state index in [2.05, 4.69) is 33.8 Å². The Morgan fingerprint density at radius 3 is 2.41 bits per heavy atom. The maximum absolute atomic E-state index is 5.58. The van der Waals surface area contributed by atoms with E-state index in [1.807, 2.05) is 0 Å². The van der Waals surface area contributed by atoms with E-state index >= 15 is 0 Å². The minimum absolute atomic E-state index is 0.571. The van der Waals surface area contributed by atoms with Gasteiger partial charge in [0.25, 0.3) is 0 Å². The first-order valence-corrected chi connectivity index (χ1v) is 6.37. The lowest BCUT2D eigenvalue weighted by molar-refractivity contribution is 0.407. The van der Waals surface area contributed by atoms with Crippen LogP contribution in [0.1, 0.15) is 47.9 Å². The molecule has 0 radical (unpaired) electrons. The number of methoxy groups -OCH3 is 1. The molecule has 0 aliphatic carbocycles. The normalized spacial score (nSPS) is 12.6. The molecule has 2 nitrogen and oxygen atoms in total. The van der Waals surface area contributed by atoms with Gasteiger partial charge in [-0.25, -0.2) is 0 Å². The molecule has 1 rings (SSSR count). The predicted octanol–water partition coefficient (Wildman–Crippen LogP) is 3.46. The van der Waals surface area contributed by atoms with E-state index in [1.54, 1.807) is 7.11 Å². The summed E-state index contributed by atoms with van der Waals surface area (Å²) in [6.07, 6.45) is 2.24. The van der Waals surface area contributed by atoms with E-state index in [4.69, 9.17) is 10.5 Å². The minimum atomic E-state index is 0.571. The van der Waals surface area contributed by atoms with Crippen molar-refractivity contribution < 1.29 is 4.74 Å². The van der Waals surface area contributed by atoms with Crippen molar-refractivity contribution in [1.82, 2.24) is 0 Å². The van der Waals surface area contributed by atoms with Crippen molar-refractivity contribution in [2.75, 3.05) is 13.7 Å². The van der Waals surface area contributed by atoms with Crippen LogP contribution in [0.2, 0.25) is 0 Å². The monoisotopic (exact) mass is 235 g/mol. The summed E-state index contributed by atoms with van der Waals surface area (Å²) in [4.78, 5) is 0. The van der Waals surface area contributed by atoms with Crippen LogP contribution in [0.3, 0.4) is 0 Å². The third-order valence-electron chi connectivity index (χ3n) is 3.64. The van der Waals surface area contributed by atoms with E-state index in [0.29, 0.717) is 5.92 Å². The first-order chi connectivity index (χ1) is 8.02. The van der Waals surface area contributed by atoms with Crippen LogP contribution >= 0.6 is 0 Å². The van der Waals surface area contributed by atoms with Crippen LogP contribution in [0.4, 0.5) is 0 Å². The molecular weight excluding hydrogens is 210 g/mol. The summed E-state index contributed by atoms with van der Waals surface area (Å²) in [5, 5.41) is 0. The Kier molecular flexibility index (Phi) is 5.01. The molecule has 0 saturated heterocycles. The van der Waals surface area contributed by atoms with E-state index in [0.717, 1.165) is 25.1 Å². The average molecular weight is 235 g/mol. The first kappa shape index (κ1) is 14.0. The topological polar surface area (TPSA) is 35.2 Å². The molecule has 0 spiro atoms. The lowest BCUT2D eigenvalue weighted by Crippen LogP contribution is -2.05. The van der Waals surface area contributed by atoms with Crippen LogP contribution < -0.4 is 10.5 Å². The molecule has 96 valence electrons. The summed E-state index contributed by atoms with van der Waals surface area (Å²) in [6.45, 7) is 9.50. The van der Waals surface area contributed by atoms with E-state index in [-0.39, 0.29) is 0 Å². The van der Waals surface area contributed by atoms with Gasteiger partial charge in [-0.1, -0.05) is 13.0 Å². The summed E-state index contributed by atoms with van der Waals surface area (Å²) < 4.78 is 5.45. The van der Waals surface area contributed by atoms with Gasteiger partial charge < -0.3 is 10.5 Å². The SMILES string of the molecule is COc1c(C)cc(C(C)CCCN)c(C)c1C. The molecular formula is C15H25NO. The van der Waals surface area contributed by atoms with E-state index in [1.165, 1.54) is 22.3 Å². The van der Waals surface area contributed by atoms with Crippen molar-refractivity contribution in [3.8, 4) is 5.75 Å². The van der Waals surface area contributed by atoms with Crippen LogP contribution in [0.5, 0.6) is 5.75 Å². The lowest BCUT2D eigenvalue weighted by atomic mass is 9.88. The highest BCUT2D eigenvalue weighted by Crippen LogP contribution is 2.33. The molecule has 0 aromatic heterocycles. The summed E-state index contributed by atoms with van der Waals surface area (Å²) in [5.74, 6) is 1.60. The smallest absolute Gasteiger partial charge is 0.124 e. The van der Waals surface area contributed by atoms with Crippen LogP contribution in [0.15, 0.2) is 6.07 Å². The largest absolute Gasteiger partial charge is 0.496 e. The van der Waals surface area contributed by atoms with Crippen LogP contribution in [-0.2, 0) is 0 Å². The Morgan fingerprint density at radius 1 is 1.24 bits per heavy atom. The second-order valence-corrected chi connectivity index (χ2v) is 4.90. The molecule has 0 bridgehead atoms. The summed E-state index contributed by atoms with van der Waals surface area (Å²) in [6, 6.07) is 2.27. The number of hydrogen-bond acceptors (Lipinski definition) is 2. The first-order valence-electron chi connectivity index (χ1n) is 6.37. The Labute approximate surface area is 105 Å². The maximum atomic E-state index is 5.58. The second-order valence-electron chi connectivity index (χ2n) is 4.90. The molecule has 0 heterocycles.